The van der Waals surface area contributed by atoms with Gasteiger partial charge in [0.15, 0.2) is 0 Å². The molecule has 29 heavy (non-hydrogen) atoms. The summed E-state index contributed by atoms with van der Waals surface area (Å²) in [4.78, 5) is 28.3. The highest BCUT2D eigenvalue weighted by Crippen LogP contribution is 2.19. The average molecular weight is 423 g/mol. The van der Waals surface area contributed by atoms with Crippen LogP contribution in [0, 0.1) is 0 Å². The molecule has 2 aliphatic heterocycles. The van der Waals surface area contributed by atoms with Crippen molar-refractivity contribution in [3.05, 3.63) is 29.8 Å². The second-order valence-corrected chi connectivity index (χ2v) is 9.52. The number of nitrogens with zero attached hydrogens (tertiary/aromatic N) is 3. The van der Waals surface area contributed by atoms with Gasteiger partial charge in [0, 0.05) is 51.9 Å². The number of benzene rings is 1. The molecule has 0 spiro atoms. The Morgan fingerprint density at radius 3 is 2.03 bits per heavy atom. The van der Waals surface area contributed by atoms with Crippen molar-refractivity contribution < 1.29 is 18.0 Å². The summed E-state index contributed by atoms with van der Waals surface area (Å²) in [6.45, 7) is 3.80. The molecule has 0 aliphatic carbocycles. The quantitative estimate of drug-likeness (QED) is 0.757. The number of carbonyl (C=O) groups excluding carboxylic acids is 2. The fourth-order valence-electron chi connectivity index (χ4n) is 3.81. The molecule has 9 heteroatoms. The third kappa shape index (κ3) is 5.34. The van der Waals surface area contributed by atoms with Crippen LogP contribution in [0.1, 0.15) is 36.0 Å². The molecule has 2 heterocycles. The third-order valence-corrected chi connectivity index (χ3v) is 7.54. The minimum atomic E-state index is -3.61. The van der Waals surface area contributed by atoms with E-state index in [0.717, 1.165) is 25.9 Å². The second-order valence-electron chi connectivity index (χ2n) is 7.58. The first-order valence-electron chi connectivity index (χ1n) is 10.2. The molecule has 0 atom stereocenters. The molecule has 1 aromatic rings. The zero-order chi connectivity index (χ0) is 20.9. The van der Waals surface area contributed by atoms with Crippen molar-refractivity contribution in [1.29, 1.82) is 0 Å². The molecule has 3 rings (SSSR count). The SMILES string of the molecule is CNC(=O)c1ccc(S(=O)(=O)N2CCN(CC(=O)N3CCCCCC3)CC2)cc1. The van der Waals surface area contributed by atoms with Crippen molar-refractivity contribution in [3.63, 3.8) is 0 Å². The standard InChI is InChI=1S/C20H30N4O4S/c1-21-20(26)17-6-8-18(9-7-17)29(27,28)24-14-12-22(13-15-24)16-19(25)23-10-4-2-3-5-11-23/h6-9H,2-5,10-16H2,1H3,(H,21,26). The molecular weight excluding hydrogens is 392 g/mol. The molecular formula is C20H30N4O4S. The molecule has 0 radical (unpaired) electrons. The highest BCUT2D eigenvalue weighted by atomic mass is 32.2. The predicted octanol–water partition coefficient (Wildman–Crippen LogP) is 0.755. The summed E-state index contributed by atoms with van der Waals surface area (Å²) in [5.41, 5.74) is 0.420. The van der Waals surface area contributed by atoms with E-state index in [9.17, 15) is 18.0 Å². The van der Waals surface area contributed by atoms with E-state index in [1.54, 1.807) is 0 Å². The van der Waals surface area contributed by atoms with E-state index in [4.69, 9.17) is 0 Å². The van der Waals surface area contributed by atoms with Gasteiger partial charge in [-0.1, -0.05) is 12.8 Å². The van der Waals surface area contributed by atoms with Gasteiger partial charge in [-0.15, -0.1) is 0 Å². The van der Waals surface area contributed by atoms with Gasteiger partial charge in [-0.25, -0.2) is 8.42 Å². The number of sulfonamides is 1. The van der Waals surface area contributed by atoms with E-state index in [-0.39, 0.29) is 16.7 Å². The van der Waals surface area contributed by atoms with Gasteiger partial charge >= 0.3 is 0 Å². The van der Waals surface area contributed by atoms with Gasteiger partial charge in [0.25, 0.3) is 5.91 Å². The normalized spacial score (nSPS) is 19.6. The van der Waals surface area contributed by atoms with Crippen molar-refractivity contribution in [3.8, 4) is 0 Å². The zero-order valence-electron chi connectivity index (χ0n) is 17.0. The number of amides is 2. The Hall–Kier alpha value is -1.97. The summed E-state index contributed by atoms with van der Waals surface area (Å²) in [6, 6.07) is 5.97. The molecule has 8 nitrogen and oxygen atoms in total. The van der Waals surface area contributed by atoms with Crippen LogP contribution in [0.3, 0.4) is 0 Å². The van der Waals surface area contributed by atoms with Crippen molar-refractivity contribution in [2.45, 2.75) is 30.6 Å². The molecule has 1 aromatic carbocycles. The maximum atomic E-state index is 12.9. The lowest BCUT2D eigenvalue weighted by molar-refractivity contribution is -0.132. The van der Waals surface area contributed by atoms with Crippen molar-refractivity contribution in [2.75, 3.05) is 52.9 Å². The summed E-state index contributed by atoms with van der Waals surface area (Å²) in [6.07, 6.45) is 4.50. The molecule has 0 saturated carbocycles. The number of piperazine rings is 1. The van der Waals surface area contributed by atoms with Gasteiger partial charge in [0.05, 0.1) is 11.4 Å². The Morgan fingerprint density at radius 1 is 0.897 bits per heavy atom. The summed E-state index contributed by atoms with van der Waals surface area (Å²) in [5, 5.41) is 2.51. The first-order chi connectivity index (χ1) is 13.9. The molecule has 1 N–H and O–H groups in total. The lowest BCUT2D eigenvalue weighted by Gasteiger charge is -2.34. The van der Waals surface area contributed by atoms with Crippen LogP contribution in [0.25, 0.3) is 0 Å². The molecule has 0 unspecified atom stereocenters. The van der Waals surface area contributed by atoms with Crippen LogP contribution in [0.2, 0.25) is 0 Å². The Balaban J connectivity index is 1.55. The van der Waals surface area contributed by atoms with Crippen LogP contribution in [-0.2, 0) is 14.8 Å². The number of nitrogens with one attached hydrogen (secondary N) is 1. The molecule has 2 fully saturated rings. The monoisotopic (exact) mass is 422 g/mol. The number of likely N-dealkylation sites (tertiary alicyclic amines) is 1. The Morgan fingerprint density at radius 2 is 1.48 bits per heavy atom. The van der Waals surface area contributed by atoms with Crippen molar-refractivity contribution in [1.82, 2.24) is 19.4 Å². The summed E-state index contributed by atoms with van der Waals surface area (Å²) < 4.78 is 27.2. The van der Waals surface area contributed by atoms with Gasteiger partial charge in [0.2, 0.25) is 15.9 Å². The Labute approximate surface area is 172 Å². The minimum Gasteiger partial charge on any atom is -0.355 e. The van der Waals surface area contributed by atoms with E-state index >= 15 is 0 Å². The zero-order valence-corrected chi connectivity index (χ0v) is 17.8. The van der Waals surface area contributed by atoms with Crippen LogP contribution in [0.15, 0.2) is 29.2 Å². The van der Waals surface area contributed by atoms with Crippen LogP contribution in [0.4, 0.5) is 0 Å². The Kier molecular flexibility index (Phi) is 7.26. The third-order valence-electron chi connectivity index (χ3n) is 5.63. The number of rotatable bonds is 5. The molecule has 2 amide bonds. The highest BCUT2D eigenvalue weighted by molar-refractivity contribution is 7.89. The predicted molar refractivity (Wildman–Crippen MR) is 110 cm³/mol. The lowest BCUT2D eigenvalue weighted by atomic mass is 10.2. The molecule has 2 aliphatic rings. The fraction of sp³-hybridized carbons (Fsp3) is 0.600. The smallest absolute Gasteiger partial charge is 0.251 e. The molecule has 160 valence electrons. The number of hydrogen-bond donors (Lipinski definition) is 1. The van der Waals surface area contributed by atoms with E-state index in [1.165, 1.54) is 48.5 Å². The van der Waals surface area contributed by atoms with E-state index in [2.05, 4.69) is 5.32 Å². The van der Waals surface area contributed by atoms with Gasteiger partial charge in [-0.3, -0.25) is 14.5 Å². The van der Waals surface area contributed by atoms with Crippen molar-refractivity contribution in [2.24, 2.45) is 0 Å². The van der Waals surface area contributed by atoms with Gasteiger partial charge in [-0.05, 0) is 37.1 Å². The average Bonchev–Trinajstić information content (AvgIpc) is 3.03. The van der Waals surface area contributed by atoms with E-state index < -0.39 is 10.0 Å². The van der Waals surface area contributed by atoms with Gasteiger partial charge in [0.1, 0.15) is 0 Å². The number of hydrogen-bond acceptors (Lipinski definition) is 5. The summed E-state index contributed by atoms with van der Waals surface area (Å²) in [5.74, 6) is -0.107. The summed E-state index contributed by atoms with van der Waals surface area (Å²) >= 11 is 0. The lowest BCUT2D eigenvalue weighted by Crippen LogP contribution is -2.51. The molecule has 2 saturated heterocycles. The molecule has 0 bridgehead atoms. The maximum absolute atomic E-state index is 12.9. The second kappa shape index (κ2) is 9.69. The van der Waals surface area contributed by atoms with Crippen molar-refractivity contribution >= 4 is 21.8 Å². The first kappa shape index (κ1) is 21.7. The van der Waals surface area contributed by atoms with Crippen LogP contribution in [0.5, 0.6) is 0 Å². The van der Waals surface area contributed by atoms with Crippen LogP contribution < -0.4 is 5.32 Å². The Bertz CT molecular complexity index is 809. The molecule has 0 aromatic heterocycles. The van der Waals surface area contributed by atoms with Crippen LogP contribution >= 0.6 is 0 Å². The maximum Gasteiger partial charge on any atom is 0.251 e. The summed E-state index contributed by atoms with van der Waals surface area (Å²) in [7, 11) is -2.08. The van der Waals surface area contributed by atoms with E-state index in [1.807, 2.05) is 9.80 Å². The fourth-order valence-corrected chi connectivity index (χ4v) is 5.23. The largest absolute Gasteiger partial charge is 0.355 e. The number of carbonyl (C=O) groups is 2. The van der Waals surface area contributed by atoms with Gasteiger partial charge in [-0.2, -0.15) is 4.31 Å². The van der Waals surface area contributed by atoms with E-state index in [0.29, 0.717) is 38.3 Å². The highest BCUT2D eigenvalue weighted by Gasteiger charge is 2.30. The topological polar surface area (TPSA) is 90.0 Å². The first-order valence-corrected chi connectivity index (χ1v) is 11.7. The van der Waals surface area contributed by atoms with Gasteiger partial charge < -0.3 is 10.2 Å². The van der Waals surface area contributed by atoms with Crippen LogP contribution in [-0.4, -0.2) is 87.2 Å². The minimum absolute atomic E-state index is 0.146.